The maximum absolute atomic E-state index is 13.2. The van der Waals surface area contributed by atoms with E-state index in [1.165, 1.54) is 0 Å². The fraction of sp³-hybridized carbons (Fsp3) is 0.360. The largest absolute Gasteiger partial charge is 0.490 e. The number of para-hydroxylation sites is 1. The Morgan fingerprint density at radius 2 is 1.97 bits per heavy atom. The van der Waals surface area contributed by atoms with E-state index in [2.05, 4.69) is 11.2 Å². The number of rotatable bonds is 5. The quantitative estimate of drug-likeness (QED) is 0.524. The molecule has 172 valence electrons. The minimum absolute atomic E-state index is 0.0437. The lowest BCUT2D eigenvalue weighted by Crippen LogP contribution is -2.49. The molecule has 8 heteroatoms. The van der Waals surface area contributed by atoms with Gasteiger partial charge < -0.3 is 19.1 Å². The summed E-state index contributed by atoms with van der Waals surface area (Å²) in [6, 6.07) is 13.2. The molecule has 0 bridgehead atoms. The molecule has 33 heavy (non-hydrogen) atoms. The fourth-order valence-electron chi connectivity index (χ4n) is 4.72. The first-order valence-electron chi connectivity index (χ1n) is 11.0. The molecule has 1 amide bonds. The topological polar surface area (TPSA) is 65.8 Å². The van der Waals surface area contributed by atoms with Crippen LogP contribution < -0.4 is 9.47 Å². The first-order chi connectivity index (χ1) is 16.0. The number of hydrogen-bond acceptors (Lipinski definition) is 5. The summed E-state index contributed by atoms with van der Waals surface area (Å²) >= 11 is 6.35. The highest BCUT2D eigenvalue weighted by molar-refractivity contribution is 6.32. The normalized spacial score (nSPS) is 16.2. The Balaban J connectivity index is 1.32. The lowest BCUT2D eigenvalue weighted by molar-refractivity contribution is -0.00172. The molecule has 0 N–H and O–H groups in total. The van der Waals surface area contributed by atoms with Crippen molar-refractivity contribution in [1.29, 1.82) is 0 Å². The van der Waals surface area contributed by atoms with Gasteiger partial charge in [-0.25, -0.2) is 0 Å². The van der Waals surface area contributed by atoms with E-state index >= 15 is 0 Å². The Labute approximate surface area is 197 Å². The summed E-state index contributed by atoms with van der Waals surface area (Å²) in [5, 5.41) is 4.93. The summed E-state index contributed by atoms with van der Waals surface area (Å²) in [6.45, 7) is 2.03. The van der Waals surface area contributed by atoms with Crippen LogP contribution >= 0.6 is 11.6 Å². The Bertz CT molecular complexity index is 1180. The zero-order valence-electron chi connectivity index (χ0n) is 18.7. The van der Waals surface area contributed by atoms with Crippen LogP contribution in [0.4, 0.5) is 0 Å². The third kappa shape index (κ3) is 3.85. The van der Waals surface area contributed by atoms with Crippen molar-refractivity contribution in [1.82, 2.24) is 14.7 Å². The van der Waals surface area contributed by atoms with Crippen LogP contribution in [-0.2, 0) is 17.4 Å². The summed E-state index contributed by atoms with van der Waals surface area (Å²) < 4.78 is 19.1. The van der Waals surface area contributed by atoms with Gasteiger partial charge in [0.15, 0.2) is 0 Å². The van der Waals surface area contributed by atoms with Gasteiger partial charge in [0.25, 0.3) is 5.91 Å². The number of fused-ring (bicyclic) bond motifs is 4. The zero-order chi connectivity index (χ0) is 23.0. The number of carbonyl (C=O) groups is 1. The van der Waals surface area contributed by atoms with E-state index in [1.54, 1.807) is 25.3 Å². The average Bonchev–Trinajstić information content (AvgIpc) is 3.23. The van der Waals surface area contributed by atoms with Crippen molar-refractivity contribution in [2.45, 2.75) is 18.4 Å². The van der Waals surface area contributed by atoms with Crippen LogP contribution in [0, 0.1) is 0 Å². The van der Waals surface area contributed by atoms with Crippen LogP contribution in [0.3, 0.4) is 0 Å². The highest BCUT2D eigenvalue weighted by Crippen LogP contribution is 2.49. The van der Waals surface area contributed by atoms with E-state index in [0.717, 1.165) is 22.6 Å². The smallest absolute Gasteiger partial charge is 0.253 e. The highest BCUT2D eigenvalue weighted by atomic mass is 35.5. The van der Waals surface area contributed by atoms with E-state index < -0.39 is 5.60 Å². The molecule has 0 aliphatic carbocycles. The molecule has 0 radical (unpaired) electrons. The van der Waals surface area contributed by atoms with Crippen LogP contribution in [0.5, 0.6) is 11.5 Å². The molecule has 7 nitrogen and oxygen atoms in total. The second-order valence-corrected chi connectivity index (χ2v) is 8.81. The molecule has 5 rings (SSSR count). The van der Waals surface area contributed by atoms with Crippen molar-refractivity contribution in [2.75, 3.05) is 33.4 Å². The number of amides is 1. The Morgan fingerprint density at radius 1 is 1.18 bits per heavy atom. The van der Waals surface area contributed by atoms with Gasteiger partial charge in [-0.3, -0.25) is 9.48 Å². The van der Waals surface area contributed by atoms with Gasteiger partial charge in [0.1, 0.15) is 23.7 Å². The lowest BCUT2D eigenvalue weighted by atomic mass is 9.81. The molecule has 3 aromatic rings. The first kappa shape index (κ1) is 21.8. The van der Waals surface area contributed by atoms with Gasteiger partial charge in [0.05, 0.1) is 23.5 Å². The van der Waals surface area contributed by atoms with Crippen LogP contribution in [0.1, 0.15) is 28.8 Å². The summed E-state index contributed by atoms with van der Waals surface area (Å²) in [5.41, 5.74) is 3.31. The molecular formula is C25H26ClN3O4. The number of aryl methyl sites for hydroxylation is 1. The van der Waals surface area contributed by atoms with Crippen LogP contribution in [0.25, 0.3) is 11.3 Å². The molecule has 2 aliphatic heterocycles. The van der Waals surface area contributed by atoms with Gasteiger partial charge in [-0.15, -0.1) is 0 Å². The average molecular weight is 468 g/mol. The summed E-state index contributed by atoms with van der Waals surface area (Å²) in [6.07, 6.45) is 3.29. The number of methoxy groups -OCH3 is 1. The monoisotopic (exact) mass is 467 g/mol. The van der Waals surface area contributed by atoms with Crippen LogP contribution in [-0.4, -0.2) is 54.0 Å². The summed E-state index contributed by atoms with van der Waals surface area (Å²) in [4.78, 5) is 15.1. The molecule has 2 aromatic carbocycles. The minimum atomic E-state index is -0.481. The number of hydrogen-bond donors (Lipinski definition) is 0. The van der Waals surface area contributed by atoms with Crippen molar-refractivity contribution in [3.63, 3.8) is 0 Å². The molecule has 1 aromatic heterocycles. The number of carbonyl (C=O) groups excluding carboxylic acids is 1. The highest BCUT2D eigenvalue weighted by Gasteiger charge is 2.45. The number of halogens is 1. The van der Waals surface area contributed by atoms with Gasteiger partial charge >= 0.3 is 0 Å². The summed E-state index contributed by atoms with van der Waals surface area (Å²) in [7, 11) is 3.57. The molecule has 0 saturated carbocycles. The number of aromatic nitrogens is 2. The molecule has 1 fully saturated rings. The van der Waals surface area contributed by atoms with E-state index in [0.29, 0.717) is 55.5 Å². The Hall–Kier alpha value is -3.03. The SMILES string of the molecule is COCCOc1ccc(C(=O)N2CCC3(CC2)Oc2ccccc2-c2c3cnn2C)cc1Cl. The van der Waals surface area contributed by atoms with Gasteiger partial charge in [0.2, 0.25) is 0 Å². The van der Waals surface area contributed by atoms with Gasteiger partial charge in [-0.2, -0.15) is 5.10 Å². The Morgan fingerprint density at radius 3 is 2.73 bits per heavy atom. The standard InChI is InChI=1S/C25H26ClN3O4/c1-28-23-18-5-3-4-6-21(18)33-25(19(23)16-27-28)9-11-29(12-10-25)24(30)17-7-8-22(20(26)15-17)32-14-13-31-2/h3-8,15-16H,9-14H2,1-2H3. The second-order valence-electron chi connectivity index (χ2n) is 8.40. The predicted octanol–water partition coefficient (Wildman–Crippen LogP) is 4.29. The van der Waals surface area contributed by atoms with E-state index in [1.807, 2.05) is 41.0 Å². The molecule has 1 spiro atoms. The molecule has 0 atom stereocenters. The zero-order valence-corrected chi connectivity index (χ0v) is 19.5. The fourth-order valence-corrected chi connectivity index (χ4v) is 4.95. The second kappa shape index (κ2) is 8.72. The van der Waals surface area contributed by atoms with Crippen molar-refractivity contribution < 1.29 is 19.0 Å². The van der Waals surface area contributed by atoms with Crippen molar-refractivity contribution in [3.8, 4) is 22.8 Å². The van der Waals surface area contributed by atoms with Gasteiger partial charge in [-0.1, -0.05) is 23.7 Å². The predicted molar refractivity (Wildman–Crippen MR) is 125 cm³/mol. The molecule has 0 unspecified atom stereocenters. The first-order valence-corrected chi connectivity index (χ1v) is 11.4. The van der Waals surface area contributed by atoms with Gasteiger partial charge in [-0.05, 0) is 30.3 Å². The lowest BCUT2D eigenvalue weighted by Gasteiger charge is -2.44. The molecule has 3 heterocycles. The number of likely N-dealkylation sites (tertiary alicyclic amines) is 1. The third-order valence-electron chi connectivity index (χ3n) is 6.46. The minimum Gasteiger partial charge on any atom is -0.490 e. The van der Waals surface area contributed by atoms with Crippen molar-refractivity contribution in [2.24, 2.45) is 7.05 Å². The number of benzene rings is 2. The van der Waals surface area contributed by atoms with Crippen LogP contribution in [0.2, 0.25) is 5.02 Å². The van der Waals surface area contributed by atoms with Crippen molar-refractivity contribution >= 4 is 17.5 Å². The summed E-state index contributed by atoms with van der Waals surface area (Å²) in [5.74, 6) is 1.36. The Kier molecular flexibility index (Phi) is 5.76. The van der Waals surface area contributed by atoms with Crippen LogP contribution in [0.15, 0.2) is 48.7 Å². The van der Waals surface area contributed by atoms with Gasteiger partial charge in [0, 0.05) is 56.8 Å². The van der Waals surface area contributed by atoms with Crippen molar-refractivity contribution in [3.05, 3.63) is 64.8 Å². The molecular weight excluding hydrogens is 442 g/mol. The maximum atomic E-state index is 13.2. The third-order valence-corrected chi connectivity index (χ3v) is 6.75. The van der Waals surface area contributed by atoms with E-state index in [9.17, 15) is 4.79 Å². The number of nitrogens with zero attached hydrogens (tertiary/aromatic N) is 3. The number of ether oxygens (including phenoxy) is 3. The molecule has 1 saturated heterocycles. The molecule has 2 aliphatic rings. The maximum Gasteiger partial charge on any atom is 0.253 e. The van der Waals surface area contributed by atoms with E-state index in [4.69, 9.17) is 25.8 Å². The van der Waals surface area contributed by atoms with E-state index in [-0.39, 0.29) is 5.91 Å². The number of piperidine rings is 1.